The van der Waals surface area contributed by atoms with Gasteiger partial charge in [-0.1, -0.05) is 17.7 Å². The molecule has 1 aromatic carbocycles. The predicted octanol–water partition coefficient (Wildman–Crippen LogP) is 2.37. The second-order valence-electron chi connectivity index (χ2n) is 3.31. The summed E-state index contributed by atoms with van der Waals surface area (Å²) in [4.78, 5) is 22.7. The highest BCUT2D eigenvalue weighted by molar-refractivity contribution is 6.31. The smallest absolute Gasteiger partial charge is 0.261 e. The van der Waals surface area contributed by atoms with E-state index in [1.165, 1.54) is 6.08 Å². The van der Waals surface area contributed by atoms with Gasteiger partial charge in [-0.15, -0.1) is 0 Å². The van der Waals surface area contributed by atoms with Crippen LogP contribution >= 0.6 is 11.6 Å². The second-order valence-corrected chi connectivity index (χ2v) is 3.71. The van der Waals surface area contributed by atoms with Crippen molar-refractivity contribution in [2.24, 2.45) is 5.11 Å². The predicted molar refractivity (Wildman–Crippen MR) is 57.7 cm³/mol. The van der Waals surface area contributed by atoms with E-state index in [0.29, 0.717) is 16.3 Å². The number of carbonyl (C=O) groups is 2. The molecular weight excluding hydrogens is 228 g/mol. The molecule has 0 aromatic heterocycles. The number of amides is 2. The van der Waals surface area contributed by atoms with Crippen LogP contribution in [0.25, 0.3) is 0 Å². The monoisotopic (exact) mass is 235 g/mol. The molecule has 5 heteroatoms. The third-order valence-electron chi connectivity index (χ3n) is 2.24. The Kier molecular flexibility index (Phi) is 2.66. The molecule has 0 aliphatic carbocycles. The SMILES string of the molecule is Cc1c(Cl)cccc1[N+]1=NC(=O)C=CC1=O. The van der Waals surface area contributed by atoms with E-state index in [-0.39, 0.29) is 5.91 Å². The summed E-state index contributed by atoms with van der Waals surface area (Å²) in [6.45, 7) is 1.77. The van der Waals surface area contributed by atoms with Crippen LogP contribution in [0, 0.1) is 6.92 Å². The lowest BCUT2D eigenvalue weighted by atomic mass is 10.2. The third-order valence-corrected chi connectivity index (χ3v) is 2.65. The molecule has 1 aliphatic heterocycles. The van der Waals surface area contributed by atoms with E-state index in [2.05, 4.69) is 5.11 Å². The molecule has 80 valence electrons. The number of azo groups is 2. The van der Waals surface area contributed by atoms with Crippen molar-refractivity contribution in [3.63, 3.8) is 0 Å². The van der Waals surface area contributed by atoms with Gasteiger partial charge >= 0.3 is 11.8 Å². The van der Waals surface area contributed by atoms with Gasteiger partial charge in [0.25, 0.3) is 0 Å². The minimum absolute atomic E-state index is 0.357. The number of hydrogen-bond donors (Lipinski definition) is 0. The average Bonchev–Trinajstić information content (AvgIpc) is 2.26. The first-order valence-corrected chi connectivity index (χ1v) is 5.00. The fourth-order valence-corrected chi connectivity index (χ4v) is 1.56. The maximum atomic E-state index is 11.6. The van der Waals surface area contributed by atoms with E-state index in [0.717, 1.165) is 10.8 Å². The lowest BCUT2D eigenvalue weighted by Gasteiger charge is -2.02. The first-order chi connectivity index (χ1) is 7.59. The summed E-state index contributed by atoms with van der Waals surface area (Å²) in [7, 11) is 0. The van der Waals surface area contributed by atoms with Crippen molar-refractivity contribution in [3.8, 4) is 0 Å². The van der Waals surface area contributed by atoms with Gasteiger partial charge in [0.05, 0.1) is 16.2 Å². The summed E-state index contributed by atoms with van der Waals surface area (Å²) in [6.07, 6.45) is 2.33. The van der Waals surface area contributed by atoms with Gasteiger partial charge in [-0.2, -0.15) is 0 Å². The Balaban J connectivity index is 2.57. The van der Waals surface area contributed by atoms with Crippen molar-refractivity contribution in [1.29, 1.82) is 0 Å². The number of hydrogen-bond acceptors (Lipinski definition) is 2. The molecule has 0 atom stereocenters. The van der Waals surface area contributed by atoms with E-state index in [1.807, 2.05) is 0 Å². The van der Waals surface area contributed by atoms with Gasteiger partial charge in [-0.3, -0.25) is 4.79 Å². The Morgan fingerprint density at radius 1 is 1.25 bits per heavy atom. The van der Waals surface area contributed by atoms with Gasteiger partial charge in [0.2, 0.25) is 5.69 Å². The molecule has 0 saturated carbocycles. The molecule has 4 nitrogen and oxygen atoms in total. The molecule has 2 amide bonds. The minimum Gasteiger partial charge on any atom is -0.261 e. The number of nitrogens with zero attached hydrogens (tertiary/aromatic N) is 2. The van der Waals surface area contributed by atoms with E-state index in [9.17, 15) is 9.59 Å². The highest BCUT2D eigenvalue weighted by atomic mass is 35.5. The number of carbonyl (C=O) groups excluding carboxylic acids is 2. The van der Waals surface area contributed by atoms with Crippen LogP contribution < -0.4 is 0 Å². The zero-order valence-corrected chi connectivity index (χ0v) is 9.23. The van der Waals surface area contributed by atoms with Gasteiger partial charge in [0, 0.05) is 17.7 Å². The molecule has 0 N–H and O–H groups in total. The molecule has 0 bridgehead atoms. The third kappa shape index (κ3) is 1.79. The summed E-state index contributed by atoms with van der Waals surface area (Å²) < 4.78 is 1.06. The van der Waals surface area contributed by atoms with Gasteiger partial charge in [0.15, 0.2) is 0 Å². The molecule has 16 heavy (non-hydrogen) atoms. The van der Waals surface area contributed by atoms with Crippen LogP contribution in [0.2, 0.25) is 5.02 Å². The van der Waals surface area contributed by atoms with Crippen LogP contribution in [0.5, 0.6) is 0 Å². The Morgan fingerprint density at radius 2 is 2.00 bits per heavy atom. The molecule has 0 fully saturated rings. The Bertz CT molecular complexity index is 547. The molecule has 1 aromatic rings. The van der Waals surface area contributed by atoms with E-state index in [4.69, 9.17) is 11.6 Å². The van der Waals surface area contributed by atoms with Crippen molar-refractivity contribution in [2.45, 2.75) is 6.92 Å². The van der Waals surface area contributed by atoms with Crippen LogP contribution in [-0.4, -0.2) is 16.5 Å². The maximum absolute atomic E-state index is 11.6. The van der Waals surface area contributed by atoms with Crippen molar-refractivity contribution in [2.75, 3.05) is 0 Å². The van der Waals surface area contributed by atoms with E-state index < -0.39 is 5.91 Å². The van der Waals surface area contributed by atoms with Crippen molar-refractivity contribution in [1.82, 2.24) is 0 Å². The van der Waals surface area contributed by atoms with Gasteiger partial charge < -0.3 is 0 Å². The first kappa shape index (κ1) is 10.7. The summed E-state index contributed by atoms with van der Waals surface area (Å²) >= 11 is 5.93. The number of rotatable bonds is 1. The molecule has 1 heterocycles. The quantitative estimate of drug-likeness (QED) is 0.702. The van der Waals surface area contributed by atoms with E-state index in [1.54, 1.807) is 25.1 Å². The molecule has 0 saturated heterocycles. The van der Waals surface area contributed by atoms with Gasteiger partial charge in [-0.05, 0) is 17.7 Å². The number of halogens is 1. The molecule has 0 radical (unpaired) electrons. The van der Waals surface area contributed by atoms with Crippen molar-refractivity contribution >= 4 is 29.1 Å². The molecular formula is C11H8ClN2O2+. The van der Waals surface area contributed by atoms with Crippen LogP contribution in [0.15, 0.2) is 35.5 Å². The Hall–Kier alpha value is -1.81. The molecule has 0 spiro atoms. The molecule has 2 rings (SSSR count). The fourth-order valence-electron chi connectivity index (χ4n) is 1.39. The van der Waals surface area contributed by atoms with E-state index >= 15 is 0 Å². The standard InChI is InChI=1S/C11H8ClN2O2/c1-7-8(12)3-2-4-9(7)14-11(16)6-5-10(15)13-14/h2-6H,1H3/q+1. The molecule has 1 aliphatic rings. The van der Waals surface area contributed by atoms with Crippen LogP contribution in [0.3, 0.4) is 0 Å². The van der Waals surface area contributed by atoms with Crippen LogP contribution in [0.1, 0.15) is 5.56 Å². The second kappa shape index (κ2) is 3.98. The van der Waals surface area contributed by atoms with Crippen LogP contribution in [0.4, 0.5) is 5.69 Å². The Labute approximate surface area is 96.8 Å². The zero-order valence-electron chi connectivity index (χ0n) is 8.48. The van der Waals surface area contributed by atoms with Gasteiger partial charge in [-0.25, -0.2) is 4.79 Å². The largest absolute Gasteiger partial charge is 0.443 e. The lowest BCUT2D eigenvalue weighted by molar-refractivity contribution is -0.426. The first-order valence-electron chi connectivity index (χ1n) is 4.62. The topological polar surface area (TPSA) is 49.5 Å². The van der Waals surface area contributed by atoms with Crippen molar-refractivity contribution < 1.29 is 14.3 Å². The summed E-state index contributed by atoms with van der Waals surface area (Å²) in [6, 6.07) is 5.11. The maximum Gasteiger partial charge on any atom is 0.443 e. The number of benzene rings is 1. The molecule has 0 unspecified atom stereocenters. The minimum atomic E-state index is -0.459. The highest BCUT2D eigenvalue weighted by Gasteiger charge is 2.28. The zero-order chi connectivity index (χ0) is 11.7. The normalized spacial score (nSPS) is 15.2. The summed E-state index contributed by atoms with van der Waals surface area (Å²) in [5, 5.41) is 4.16. The highest BCUT2D eigenvalue weighted by Crippen LogP contribution is 2.26. The Morgan fingerprint density at radius 3 is 2.75 bits per heavy atom. The van der Waals surface area contributed by atoms with Crippen molar-refractivity contribution in [3.05, 3.63) is 40.9 Å². The summed E-state index contributed by atoms with van der Waals surface area (Å²) in [5.74, 6) is -0.816. The van der Waals surface area contributed by atoms with Gasteiger partial charge in [0.1, 0.15) is 0 Å². The van der Waals surface area contributed by atoms with Crippen LogP contribution in [-0.2, 0) is 9.59 Å². The lowest BCUT2D eigenvalue weighted by Crippen LogP contribution is -2.18. The average molecular weight is 236 g/mol. The fraction of sp³-hybridized carbons (Fsp3) is 0.0909. The summed E-state index contributed by atoms with van der Waals surface area (Å²) in [5.41, 5.74) is 1.24.